The lowest BCUT2D eigenvalue weighted by molar-refractivity contribution is 0.0696. The number of nitrogens with one attached hydrogen (secondary N) is 1. The molecule has 136 valence electrons. The summed E-state index contributed by atoms with van der Waals surface area (Å²) in [5.74, 6) is 2.56. The van der Waals surface area contributed by atoms with Crippen LogP contribution in [0, 0.1) is 5.92 Å². The molecule has 3 heterocycles. The van der Waals surface area contributed by atoms with Gasteiger partial charge in [0, 0.05) is 37.2 Å². The van der Waals surface area contributed by atoms with Gasteiger partial charge in [-0.15, -0.1) is 0 Å². The first-order chi connectivity index (χ1) is 12.7. The van der Waals surface area contributed by atoms with Crippen LogP contribution in [0.2, 0.25) is 0 Å². The van der Waals surface area contributed by atoms with E-state index in [2.05, 4.69) is 22.2 Å². The lowest BCUT2D eigenvalue weighted by atomic mass is 9.99. The molecule has 26 heavy (non-hydrogen) atoms. The molecule has 4 rings (SSSR count). The number of aromatic nitrogens is 2. The van der Waals surface area contributed by atoms with Gasteiger partial charge in [-0.1, -0.05) is 6.92 Å². The molecule has 0 atom stereocenters. The fraction of sp³-hybridized carbons (Fsp3) is 0.421. The molecular weight excluding hydrogens is 332 g/mol. The molecule has 2 aliphatic heterocycles. The minimum absolute atomic E-state index is 0.00257. The highest BCUT2D eigenvalue weighted by Gasteiger charge is 2.22. The van der Waals surface area contributed by atoms with Crippen molar-refractivity contribution in [2.24, 2.45) is 5.92 Å². The number of carbonyl (C=O) groups excluding carboxylic acids is 1. The summed E-state index contributed by atoms with van der Waals surface area (Å²) in [4.78, 5) is 23.0. The van der Waals surface area contributed by atoms with E-state index in [-0.39, 0.29) is 5.91 Å². The summed E-state index contributed by atoms with van der Waals surface area (Å²) < 4.78 is 11.1. The van der Waals surface area contributed by atoms with Crippen LogP contribution in [0.25, 0.3) is 0 Å². The van der Waals surface area contributed by atoms with Gasteiger partial charge in [-0.05, 0) is 30.9 Å². The molecular formula is C19H22N4O3. The van der Waals surface area contributed by atoms with Crippen LogP contribution in [-0.2, 0) is 0 Å². The monoisotopic (exact) mass is 354 g/mol. The van der Waals surface area contributed by atoms with Crippen LogP contribution in [0.3, 0.4) is 0 Å². The Hall–Kier alpha value is -2.83. The van der Waals surface area contributed by atoms with Crippen LogP contribution in [0.15, 0.2) is 30.6 Å². The molecule has 0 radical (unpaired) electrons. The number of benzene rings is 1. The standard InChI is InChI=1S/C19H22N4O3/c1-13-4-6-23(7-5-13)18(24)14-11-20-19(21-12-14)22-15-2-3-16-17(10-15)26-9-8-25-16/h2-3,10-13H,4-9H2,1H3,(H,20,21,22). The SMILES string of the molecule is CC1CCN(C(=O)c2cnc(Nc3ccc4c(c3)OCCO4)nc2)CC1. The zero-order chi connectivity index (χ0) is 17.9. The number of nitrogens with zero attached hydrogens (tertiary/aromatic N) is 3. The van der Waals surface area contributed by atoms with Crippen LogP contribution in [0.4, 0.5) is 11.6 Å². The first-order valence-electron chi connectivity index (χ1n) is 8.97. The number of hydrogen-bond acceptors (Lipinski definition) is 6. The molecule has 1 fully saturated rings. The third kappa shape index (κ3) is 3.56. The summed E-state index contributed by atoms with van der Waals surface area (Å²) in [5, 5.41) is 3.12. The zero-order valence-corrected chi connectivity index (χ0v) is 14.8. The summed E-state index contributed by atoms with van der Waals surface area (Å²) in [6, 6.07) is 5.59. The number of anilines is 2. The lowest BCUT2D eigenvalue weighted by Gasteiger charge is -2.30. The Morgan fingerprint density at radius 2 is 1.81 bits per heavy atom. The van der Waals surface area contributed by atoms with Gasteiger partial charge in [0.1, 0.15) is 13.2 Å². The molecule has 1 N–H and O–H groups in total. The van der Waals surface area contributed by atoms with Crippen molar-refractivity contribution in [2.45, 2.75) is 19.8 Å². The quantitative estimate of drug-likeness (QED) is 0.913. The number of hydrogen-bond donors (Lipinski definition) is 1. The van der Waals surface area contributed by atoms with Crippen LogP contribution in [-0.4, -0.2) is 47.1 Å². The second kappa shape index (κ2) is 7.19. The third-order valence-electron chi connectivity index (χ3n) is 4.77. The average molecular weight is 354 g/mol. The van der Waals surface area contributed by atoms with Crippen LogP contribution < -0.4 is 14.8 Å². The Morgan fingerprint density at radius 1 is 1.12 bits per heavy atom. The number of rotatable bonds is 3. The minimum Gasteiger partial charge on any atom is -0.486 e. The normalized spacial score (nSPS) is 17.0. The smallest absolute Gasteiger partial charge is 0.256 e. The van der Waals surface area contributed by atoms with Crippen LogP contribution in [0.5, 0.6) is 11.5 Å². The number of piperidine rings is 1. The van der Waals surface area contributed by atoms with Crippen molar-refractivity contribution < 1.29 is 14.3 Å². The van der Waals surface area contributed by atoms with Crippen molar-refractivity contribution in [2.75, 3.05) is 31.6 Å². The predicted molar refractivity (Wildman–Crippen MR) is 97.0 cm³/mol. The average Bonchev–Trinajstić information content (AvgIpc) is 2.68. The summed E-state index contributed by atoms with van der Waals surface area (Å²) in [6.07, 6.45) is 5.26. The Kier molecular flexibility index (Phi) is 4.60. The Balaban J connectivity index is 1.42. The number of fused-ring (bicyclic) bond motifs is 1. The van der Waals surface area contributed by atoms with E-state index in [9.17, 15) is 4.79 Å². The fourth-order valence-electron chi connectivity index (χ4n) is 3.15. The second-order valence-corrected chi connectivity index (χ2v) is 6.75. The molecule has 1 aromatic carbocycles. The molecule has 0 unspecified atom stereocenters. The maximum absolute atomic E-state index is 12.5. The van der Waals surface area contributed by atoms with Crippen molar-refractivity contribution in [1.29, 1.82) is 0 Å². The molecule has 0 aliphatic carbocycles. The van der Waals surface area contributed by atoms with E-state index in [0.29, 0.717) is 36.4 Å². The minimum atomic E-state index is 0.00257. The molecule has 0 spiro atoms. The number of amides is 1. The van der Waals surface area contributed by atoms with E-state index in [4.69, 9.17) is 9.47 Å². The van der Waals surface area contributed by atoms with E-state index in [1.807, 2.05) is 23.1 Å². The summed E-state index contributed by atoms with van der Waals surface area (Å²) in [7, 11) is 0. The number of likely N-dealkylation sites (tertiary alicyclic amines) is 1. The van der Waals surface area contributed by atoms with E-state index >= 15 is 0 Å². The van der Waals surface area contributed by atoms with E-state index in [1.54, 1.807) is 12.4 Å². The van der Waals surface area contributed by atoms with Crippen LogP contribution >= 0.6 is 0 Å². The third-order valence-corrected chi connectivity index (χ3v) is 4.77. The lowest BCUT2D eigenvalue weighted by Crippen LogP contribution is -2.38. The Morgan fingerprint density at radius 3 is 2.54 bits per heavy atom. The maximum atomic E-state index is 12.5. The maximum Gasteiger partial charge on any atom is 0.256 e. The topological polar surface area (TPSA) is 76.6 Å². The van der Waals surface area contributed by atoms with Gasteiger partial charge in [-0.25, -0.2) is 9.97 Å². The highest BCUT2D eigenvalue weighted by molar-refractivity contribution is 5.93. The van der Waals surface area contributed by atoms with Gasteiger partial charge in [0.25, 0.3) is 5.91 Å². The van der Waals surface area contributed by atoms with Gasteiger partial charge < -0.3 is 19.7 Å². The van der Waals surface area contributed by atoms with E-state index in [0.717, 1.165) is 37.4 Å². The van der Waals surface area contributed by atoms with Crippen molar-refractivity contribution in [3.8, 4) is 11.5 Å². The van der Waals surface area contributed by atoms with Gasteiger partial charge in [-0.3, -0.25) is 4.79 Å². The van der Waals surface area contributed by atoms with Gasteiger partial charge >= 0.3 is 0 Å². The molecule has 2 aliphatic rings. The van der Waals surface area contributed by atoms with Crippen molar-refractivity contribution in [3.05, 3.63) is 36.2 Å². The van der Waals surface area contributed by atoms with Gasteiger partial charge in [0.05, 0.1) is 5.56 Å². The molecule has 1 saturated heterocycles. The summed E-state index contributed by atoms with van der Waals surface area (Å²) >= 11 is 0. The van der Waals surface area contributed by atoms with Crippen molar-refractivity contribution >= 4 is 17.5 Å². The van der Waals surface area contributed by atoms with E-state index < -0.39 is 0 Å². The predicted octanol–water partition coefficient (Wildman–Crippen LogP) is 2.86. The highest BCUT2D eigenvalue weighted by Crippen LogP contribution is 2.33. The molecule has 0 saturated carbocycles. The van der Waals surface area contributed by atoms with Gasteiger partial charge in [0.2, 0.25) is 5.95 Å². The second-order valence-electron chi connectivity index (χ2n) is 6.75. The zero-order valence-electron chi connectivity index (χ0n) is 14.8. The van der Waals surface area contributed by atoms with Crippen LogP contribution in [0.1, 0.15) is 30.1 Å². The molecule has 7 nitrogen and oxygen atoms in total. The molecule has 1 amide bonds. The Labute approximate surface area is 152 Å². The highest BCUT2D eigenvalue weighted by atomic mass is 16.6. The largest absolute Gasteiger partial charge is 0.486 e. The molecule has 2 aromatic rings. The number of ether oxygens (including phenoxy) is 2. The summed E-state index contributed by atoms with van der Waals surface area (Å²) in [5.41, 5.74) is 1.32. The molecule has 1 aromatic heterocycles. The molecule has 0 bridgehead atoms. The first-order valence-corrected chi connectivity index (χ1v) is 8.97. The van der Waals surface area contributed by atoms with E-state index in [1.165, 1.54) is 0 Å². The fourth-order valence-corrected chi connectivity index (χ4v) is 3.15. The Bertz CT molecular complexity index is 786. The van der Waals surface area contributed by atoms with Gasteiger partial charge in [-0.2, -0.15) is 0 Å². The molecule has 7 heteroatoms. The summed E-state index contributed by atoms with van der Waals surface area (Å²) in [6.45, 7) is 4.94. The van der Waals surface area contributed by atoms with Crippen molar-refractivity contribution in [1.82, 2.24) is 14.9 Å². The van der Waals surface area contributed by atoms with Crippen molar-refractivity contribution in [3.63, 3.8) is 0 Å². The number of carbonyl (C=O) groups is 1. The van der Waals surface area contributed by atoms with Gasteiger partial charge in [0.15, 0.2) is 11.5 Å². The first kappa shape index (κ1) is 16.6.